The first-order valence-corrected chi connectivity index (χ1v) is 20.5. The molecule has 3 saturated heterocycles. The summed E-state index contributed by atoms with van der Waals surface area (Å²) in [4.78, 5) is 66.1. The zero-order valence-corrected chi connectivity index (χ0v) is 33.1. The van der Waals surface area contributed by atoms with E-state index >= 15 is 0 Å². The first kappa shape index (κ1) is 38.6. The van der Waals surface area contributed by atoms with Crippen LogP contribution >= 0.6 is 0 Å². The number of methoxy groups -OCH3 is 1. The van der Waals surface area contributed by atoms with Gasteiger partial charge in [0, 0.05) is 69.0 Å². The molecule has 15 heteroatoms. The maximum Gasteiger partial charge on any atom is 0.265 e. The fraction of sp³-hybridized carbons (Fsp3) is 0.524. The van der Waals surface area contributed by atoms with Crippen LogP contribution in [0.15, 0.2) is 48.7 Å². The van der Waals surface area contributed by atoms with E-state index < -0.39 is 0 Å². The van der Waals surface area contributed by atoms with Crippen molar-refractivity contribution in [3.05, 3.63) is 59.8 Å². The van der Waals surface area contributed by atoms with Crippen molar-refractivity contribution in [1.82, 2.24) is 30.6 Å². The number of hydrazine groups is 1. The Bertz CT molecular complexity index is 1970. The molecule has 3 aromatic rings. The third-order valence-electron chi connectivity index (χ3n) is 12.6. The van der Waals surface area contributed by atoms with Gasteiger partial charge in [-0.25, -0.2) is 9.99 Å². The van der Waals surface area contributed by atoms with E-state index in [-0.39, 0.29) is 41.6 Å². The summed E-state index contributed by atoms with van der Waals surface area (Å²) in [6.45, 7) is 5.54. The van der Waals surface area contributed by atoms with Gasteiger partial charge in [0.1, 0.15) is 17.5 Å². The lowest BCUT2D eigenvalue weighted by Gasteiger charge is -2.42. The number of amides is 4. The van der Waals surface area contributed by atoms with Crippen molar-refractivity contribution in [3.8, 4) is 5.75 Å². The maximum atomic E-state index is 13.4. The van der Waals surface area contributed by atoms with Gasteiger partial charge in [-0.1, -0.05) is 25.0 Å². The van der Waals surface area contributed by atoms with Gasteiger partial charge < -0.3 is 30.1 Å². The van der Waals surface area contributed by atoms with Gasteiger partial charge in [0.15, 0.2) is 5.82 Å². The number of aromatic nitrogens is 2. The summed E-state index contributed by atoms with van der Waals surface area (Å²) in [5, 5.41) is 11.4. The van der Waals surface area contributed by atoms with E-state index in [1.54, 1.807) is 37.4 Å². The molecular weight excluding hydrogens is 725 g/mol. The third kappa shape index (κ3) is 8.26. The minimum atomic E-state index is -0.306. The van der Waals surface area contributed by atoms with Gasteiger partial charge in [-0.15, -0.1) is 0 Å². The van der Waals surface area contributed by atoms with E-state index in [0.29, 0.717) is 53.6 Å². The van der Waals surface area contributed by atoms with Crippen molar-refractivity contribution in [2.75, 3.05) is 60.8 Å². The van der Waals surface area contributed by atoms with Crippen molar-refractivity contribution in [2.24, 2.45) is 0 Å². The van der Waals surface area contributed by atoms with Crippen LogP contribution in [0.3, 0.4) is 0 Å². The molecule has 4 amide bonds. The largest absolute Gasteiger partial charge is 0.495 e. The van der Waals surface area contributed by atoms with Gasteiger partial charge in [0.25, 0.3) is 5.91 Å². The smallest absolute Gasteiger partial charge is 0.265 e. The standard InChI is InChI=1S/C42H54N10O5/c1-26-41(56)49(2)35-25-43-42(47-38(35)52(26)32-6-4-5-7-32)45-34-14-10-28(24-36(34)57-3)39(54)48-51-22-18-31(19-23-51)50-20-16-30(17-21-50)44-29-11-8-27(9-12-29)33-13-15-37(53)46-40(33)55/h8-12,14,24-26,30-33,44H,4-7,13,15-23H2,1-3H3,(H,48,54)(H,43,45,47)(H,46,53,55)/t26-,33?/m1/s1. The fourth-order valence-electron chi connectivity index (χ4n) is 9.30. The number of piperidine rings is 3. The second-order valence-electron chi connectivity index (χ2n) is 16.1. The van der Waals surface area contributed by atoms with Gasteiger partial charge in [-0.05, 0) is 87.8 Å². The molecular formula is C42H54N10O5. The number of hydrogen-bond acceptors (Lipinski definition) is 12. The Hall–Kier alpha value is -5.28. The SMILES string of the molecule is COc1cc(C(=O)NN2CCC(N3CCC(Nc4ccc(C5CCC(=O)NC5=O)cc4)CC3)CC2)ccc1Nc1ncc2c(n1)N(C1CCCC1)[C@H](C)C(=O)N2C. The normalized spacial score (nSPS) is 23.0. The minimum Gasteiger partial charge on any atom is -0.495 e. The number of hydrogen-bond donors (Lipinski definition) is 4. The van der Waals surface area contributed by atoms with Crippen molar-refractivity contribution in [2.45, 2.75) is 101 Å². The van der Waals surface area contributed by atoms with Crippen molar-refractivity contribution >= 4 is 52.5 Å². The number of nitrogens with one attached hydrogen (secondary N) is 4. The number of likely N-dealkylation sites (N-methyl/N-ethyl adjacent to an activating group) is 1. The zero-order chi connectivity index (χ0) is 39.6. The highest BCUT2D eigenvalue weighted by Crippen LogP contribution is 2.40. The van der Waals surface area contributed by atoms with Gasteiger partial charge in [0.05, 0.1) is 24.9 Å². The van der Waals surface area contributed by atoms with Gasteiger partial charge >= 0.3 is 0 Å². The van der Waals surface area contributed by atoms with Crippen LogP contribution in [0.2, 0.25) is 0 Å². The van der Waals surface area contributed by atoms with Gasteiger partial charge in [-0.2, -0.15) is 4.98 Å². The number of carbonyl (C=O) groups excluding carboxylic acids is 4. The summed E-state index contributed by atoms with van der Waals surface area (Å²) in [6.07, 6.45) is 11.1. The molecule has 2 aromatic carbocycles. The average Bonchev–Trinajstić information content (AvgIpc) is 3.76. The molecule has 302 valence electrons. The Kier molecular flexibility index (Phi) is 11.3. The predicted octanol–water partition coefficient (Wildman–Crippen LogP) is 4.55. The molecule has 1 aromatic heterocycles. The highest BCUT2D eigenvalue weighted by Gasteiger charge is 2.40. The molecule has 4 fully saturated rings. The molecule has 5 heterocycles. The number of likely N-dealkylation sites (tertiary alicyclic amines) is 1. The average molecular weight is 779 g/mol. The van der Waals surface area contributed by atoms with Crippen LogP contribution in [0.25, 0.3) is 0 Å². The van der Waals surface area contributed by atoms with Crippen LogP contribution < -0.4 is 35.9 Å². The summed E-state index contributed by atoms with van der Waals surface area (Å²) in [5.41, 5.74) is 6.93. The molecule has 1 unspecified atom stereocenters. The highest BCUT2D eigenvalue weighted by atomic mass is 16.5. The Labute approximate surface area is 333 Å². The zero-order valence-electron chi connectivity index (χ0n) is 33.1. The van der Waals surface area contributed by atoms with Crippen LogP contribution in [0, 0.1) is 0 Å². The first-order chi connectivity index (χ1) is 27.6. The van der Waals surface area contributed by atoms with Crippen molar-refractivity contribution in [3.63, 3.8) is 0 Å². The summed E-state index contributed by atoms with van der Waals surface area (Å²) in [5.74, 6) is 0.829. The number of nitrogens with zero attached hydrogens (tertiary/aromatic N) is 6. The molecule has 1 aliphatic carbocycles. The van der Waals surface area contributed by atoms with Crippen LogP contribution in [0.5, 0.6) is 5.75 Å². The Morgan fingerprint density at radius 3 is 2.33 bits per heavy atom. The summed E-state index contributed by atoms with van der Waals surface area (Å²) in [6, 6.07) is 14.2. The Morgan fingerprint density at radius 2 is 1.63 bits per heavy atom. The molecule has 2 atom stereocenters. The van der Waals surface area contributed by atoms with Gasteiger partial charge in [0.2, 0.25) is 23.7 Å². The van der Waals surface area contributed by atoms with E-state index in [9.17, 15) is 19.2 Å². The van der Waals surface area contributed by atoms with E-state index in [2.05, 4.69) is 36.2 Å². The number of carbonyl (C=O) groups is 4. The monoisotopic (exact) mass is 778 g/mol. The van der Waals surface area contributed by atoms with Crippen LogP contribution in [0.4, 0.5) is 28.8 Å². The highest BCUT2D eigenvalue weighted by molar-refractivity contribution is 6.04. The van der Waals surface area contributed by atoms with Crippen LogP contribution in [0.1, 0.15) is 93.0 Å². The molecule has 4 aliphatic heterocycles. The van der Waals surface area contributed by atoms with E-state index in [1.165, 1.54) is 0 Å². The lowest BCUT2D eigenvalue weighted by atomic mass is 9.90. The molecule has 15 nitrogen and oxygen atoms in total. The van der Waals surface area contributed by atoms with Crippen molar-refractivity contribution in [1.29, 1.82) is 0 Å². The van der Waals surface area contributed by atoms with E-state index in [0.717, 1.165) is 94.6 Å². The number of anilines is 5. The number of rotatable bonds is 10. The number of fused-ring (bicyclic) bond motifs is 1. The third-order valence-corrected chi connectivity index (χ3v) is 12.6. The van der Waals surface area contributed by atoms with Crippen LogP contribution in [-0.2, 0) is 14.4 Å². The predicted molar refractivity (Wildman–Crippen MR) is 218 cm³/mol. The lowest BCUT2D eigenvalue weighted by molar-refractivity contribution is -0.134. The summed E-state index contributed by atoms with van der Waals surface area (Å²) in [7, 11) is 3.35. The summed E-state index contributed by atoms with van der Waals surface area (Å²) < 4.78 is 5.71. The Balaban J connectivity index is 0.810. The quantitative estimate of drug-likeness (QED) is 0.213. The molecule has 4 N–H and O–H groups in total. The number of imide groups is 1. The molecule has 8 rings (SSSR count). The van der Waals surface area contributed by atoms with E-state index in [1.807, 2.05) is 42.3 Å². The second-order valence-corrected chi connectivity index (χ2v) is 16.1. The lowest BCUT2D eigenvalue weighted by Crippen LogP contribution is -2.54. The molecule has 0 bridgehead atoms. The molecule has 1 saturated carbocycles. The topological polar surface area (TPSA) is 164 Å². The van der Waals surface area contributed by atoms with Gasteiger partial charge in [-0.3, -0.25) is 29.9 Å². The van der Waals surface area contributed by atoms with E-state index in [4.69, 9.17) is 9.72 Å². The molecule has 0 radical (unpaired) electrons. The fourth-order valence-corrected chi connectivity index (χ4v) is 9.30. The maximum absolute atomic E-state index is 13.4. The van der Waals surface area contributed by atoms with Crippen molar-refractivity contribution < 1.29 is 23.9 Å². The molecule has 57 heavy (non-hydrogen) atoms. The molecule has 0 spiro atoms. The Morgan fingerprint density at radius 1 is 0.895 bits per heavy atom. The molecule has 5 aliphatic rings. The minimum absolute atomic E-state index is 0.0405. The number of benzene rings is 2. The first-order valence-electron chi connectivity index (χ1n) is 20.5. The number of ether oxygens (including phenoxy) is 1. The summed E-state index contributed by atoms with van der Waals surface area (Å²) >= 11 is 0. The van der Waals surface area contributed by atoms with Crippen LogP contribution in [-0.4, -0.2) is 108 Å². The second kappa shape index (κ2) is 16.7.